The normalized spacial score (nSPS) is 11.3. The SMILES string of the molecule is CCN(CC)CCN(C(=O)CSc1ccc(OC)cc1)c1nc2c(C)cc(Cl)cc2s1. The molecule has 5 nitrogen and oxygen atoms in total. The van der Waals surface area contributed by atoms with Gasteiger partial charge in [0.05, 0.1) is 23.1 Å². The molecule has 0 fully saturated rings. The number of anilines is 1. The third kappa shape index (κ3) is 6.13. The zero-order valence-corrected chi connectivity index (χ0v) is 20.7. The molecular weight excluding hydrogens is 450 g/mol. The first-order chi connectivity index (χ1) is 14.9. The number of benzene rings is 2. The van der Waals surface area contributed by atoms with E-state index in [0.29, 0.717) is 17.3 Å². The molecule has 0 saturated carbocycles. The molecule has 0 aliphatic rings. The summed E-state index contributed by atoms with van der Waals surface area (Å²) in [6.45, 7) is 9.59. The summed E-state index contributed by atoms with van der Waals surface area (Å²) in [4.78, 5) is 23.2. The second-order valence-corrected chi connectivity index (χ2v) is 9.60. The Morgan fingerprint density at radius 3 is 2.52 bits per heavy atom. The van der Waals surface area contributed by atoms with Gasteiger partial charge in [0.1, 0.15) is 5.75 Å². The van der Waals surface area contributed by atoms with Crippen LogP contribution in [0.2, 0.25) is 5.02 Å². The summed E-state index contributed by atoms with van der Waals surface area (Å²) < 4.78 is 6.21. The maximum absolute atomic E-state index is 13.3. The van der Waals surface area contributed by atoms with Crippen molar-refractivity contribution in [2.75, 3.05) is 43.9 Å². The summed E-state index contributed by atoms with van der Waals surface area (Å²) >= 11 is 9.28. The van der Waals surface area contributed by atoms with E-state index >= 15 is 0 Å². The van der Waals surface area contributed by atoms with Crippen LogP contribution in [0, 0.1) is 6.92 Å². The molecule has 1 amide bonds. The average molecular weight is 478 g/mol. The first-order valence-electron chi connectivity index (χ1n) is 10.3. The first kappa shape index (κ1) is 23.9. The standard InChI is InChI=1S/C23H28ClN3O2S2/c1-5-26(6-2)11-12-27(21(28)15-30-19-9-7-18(29-4)8-10-19)23-25-22-16(3)13-17(24)14-20(22)31-23/h7-10,13-14H,5-6,11-12,15H2,1-4H3. The Balaban J connectivity index is 1.81. The van der Waals surface area contributed by atoms with E-state index < -0.39 is 0 Å². The van der Waals surface area contributed by atoms with Gasteiger partial charge in [-0.2, -0.15) is 0 Å². The fourth-order valence-electron chi connectivity index (χ4n) is 3.26. The number of rotatable bonds is 10. The summed E-state index contributed by atoms with van der Waals surface area (Å²) in [7, 11) is 1.65. The van der Waals surface area contributed by atoms with Crippen LogP contribution < -0.4 is 9.64 Å². The molecule has 0 unspecified atom stereocenters. The highest BCUT2D eigenvalue weighted by Crippen LogP contribution is 2.33. The minimum Gasteiger partial charge on any atom is -0.497 e. The number of aryl methyl sites for hydroxylation is 1. The van der Waals surface area contributed by atoms with Crippen LogP contribution in [0.4, 0.5) is 5.13 Å². The van der Waals surface area contributed by atoms with Crippen molar-refractivity contribution in [1.29, 1.82) is 0 Å². The van der Waals surface area contributed by atoms with Crippen molar-refractivity contribution in [2.24, 2.45) is 0 Å². The number of ether oxygens (including phenoxy) is 1. The van der Waals surface area contributed by atoms with E-state index in [1.54, 1.807) is 7.11 Å². The van der Waals surface area contributed by atoms with Crippen molar-refractivity contribution in [2.45, 2.75) is 25.7 Å². The van der Waals surface area contributed by atoms with Gasteiger partial charge in [-0.05, 0) is 62.0 Å². The monoisotopic (exact) mass is 477 g/mol. The van der Waals surface area contributed by atoms with Crippen molar-refractivity contribution < 1.29 is 9.53 Å². The molecule has 0 radical (unpaired) electrons. The fraction of sp³-hybridized carbons (Fsp3) is 0.391. The summed E-state index contributed by atoms with van der Waals surface area (Å²) in [6, 6.07) is 11.6. The van der Waals surface area contributed by atoms with Crippen LogP contribution >= 0.6 is 34.7 Å². The van der Waals surface area contributed by atoms with Gasteiger partial charge >= 0.3 is 0 Å². The average Bonchev–Trinajstić information content (AvgIpc) is 3.19. The lowest BCUT2D eigenvalue weighted by Gasteiger charge is -2.24. The van der Waals surface area contributed by atoms with Crippen LogP contribution in [-0.2, 0) is 4.79 Å². The quantitative estimate of drug-likeness (QED) is 0.349. The van der Waals surface area contributed by atoms with Crippen LogP contribution in [0.5, 0.6) is 5.75 Å². The number of halogens is 1. The number of hydrogen-bond donors (Lipinski definition) is 0. The molecule has 1 aromatic heterocycles. The number of amides is 1. The smallest absolute Gasteiger partial charge is 0.239 e. The molecule has 0 aliphatic carbocycles. The molecule has 0 aliphatic heterocycles. The molecule has 3 rings (SSSR count). The predicted octanol–water partition coefficient (Wildman–Crippen LogP) is 5.73. The van der Waals surface area contributed by atoms with Crippen molar-refractivity contribution in [3.63, 3.8) is 0 Å². The number of methoxy groups -OCH3 is 1. The second-order valence-electron chi connectivity index (χ2n) is 7.10. The lowest BCUT2D eigenvalue weighted by atomic mass is 10.2. The van der Waals surface area contributed by atoms with Crippen molar-refractivity contribution >= 4 is 56.0 Å². The summed E-state index contributed by atoms with van der Waals surface area (Å²) in [5, 5.41) is 1.42. The highest BCUT2D eigenvalue weighted by atomic mass is 35.5. The van der Waals surface area contributed by atoms with Gasteiger partial charge in [0.2, 0.25) is 5.91 Å². The van der Waals surface area contributed by atoms with E-state index in [2.05, 4.69) is 18.7 Å². The first-order valence-corrected chi connectivity index (χ1v) is 12.5. The highest BCUT2D eigenvalue weighted by molar-refractivity contribution is 8.00. The number of likely N-dealkylation sites (N-methyl/N-ethyl adjacent to an activating group) is 1. The van der Waals surface area contributed by atoms with Gasteiger partial charge in [-0.15, -0.1) is 11.8 Å². The van der Waals surface area contributed by atoms with E-state index in [9.17, 15) is 4.79 Å². The number of carbonyl (C=O) groups is 1. The number of fused-ring (bicyclic) bond motifs is 1. The Bertz CT molecular complexity index is 1020. The topological polar surface area (TPSA) is 45.7 Å². The van der Waals surface area contributed by atoms with Crippen molar-refractivity contribution in [3.8, 4) is 5.75 Å². The number of thioether (sulfide) groups is 1. The van der Waals surface area contributed by atoms with E-state index in [0.717, 1.165) is 51.2 Å². The fourth-order valence-corrected chi connectivity index (χ4v) is 5.50. The molecule has 2 aromatic carbocycles. The Labute approximate surface area is 197 Å². The summed E-state index contributed by atoms with van der Waals surface area (Å²) in [6.07, 6.45) is 0. The number of aromatic nitrogens is 1. The van der Waals surface area contributed by atoms with Crippen LogP contribution in [0.15, 0.2) is 41.3 Å². The molecule has 0 N–H and O–H groups in total. The van der Waals surface area contributed by atoms with Crippen LogP contribution in [0.25, 0.3) is 10.2 Å². The summed E-state index contributed by atoms with van der Waals surface area (Å²) in [5.74, 6) is 1.20. The second kappa shape index (κ2) is 11.2. The lowest BCUT2D eigenvalue weighted by molar-refractivity contribution is -0.116. The Morgan fingerprint density at radius 2 is 1.87 bits per heavy atom. The van der Waals surface area contributed by atoms with Gasteiger partial charge < -0.3 is 9.64 Å². The molecule has 166 valence electrons. The van der Waals surface area contributed by atoms with Gasteiger partial charge in [-0.25, -0.2) is 4.98 Å². The summed E-state index contributed by atoms with van der Waals surface area (Å²) in [5.41, 5.74) is 1.93. The van der Waals surface area contributed by atoms with Gasteiger partial charge in [0.25, 0.3) is 0 Å². The molecule has 0 spiro atoms. The van der Waals surface area contributed by atoms with Gasteiger partial charge in [0, 0.05) is 23.0 Å². The molecule has 3 aromatic rings. The van der Waals surface area contributed by atoms with Crippen LogP contribution in [-0.4, -0.2) is 54.8 Å². The Kier molecular flexibility index (Phi) is 8.60. The van der Waals surface area contributed by atoms with E-state index in [1.165, 1.54) is 23.1 Å². The number of carbonyl (C=O) groups excluding carboxylic acids is 1. The number of hydrogen-bond acceptors (Lipinski definition) is 6. The third-order valence-corrected chi connectivity index (χ3v) is 7.37. The largest absolute Gasteiger partial charge is 0.497 e. The molecular formula is C23H28ClN3O2S2. The molecule has 31 heavy (non-hydrogen) atoms. The zero-order chi connectivity index (χ0) is 22.4. The zero-order valence-electron chi connectivity index (χ0n) is 18.4. The van der Waals surface area contributed by atoms with Crippen LogP contribution in [0.3, 0.4) is 0 Å². The van der Waals surface area contributed by atoms with Crippen molar-refractivity contribution in [1.82, 2.24) is 9.88 Å². The minimum atomic E-state index is 0.0516. The van der Waals surface area contributed by atoms with E-state index in [-0.39, 0.29) is 5.91 Å². The maximum Gasteiger partial charge on any atom is 0.239 e. The molecule has 0 atom stereocenters. The van der Waals surface area contributed by atoms with Gasteiger partial charge in [-0.1, -0.05) is 36.8 Å². The highest BCUT2D eigenvalue weighted by Gasteiger charge is 2.21. The maximum atomic E-state index is 13.3. The Hall–Kier alpha value is -1.80. The van der Waals surface area contributed by atoms with E-state index in [4.69, 9.17) is 21.3 Å². The molecule has 1 heterocycles. The van der Waals surface area contributed by atoms with E-state index in [1.807, 2.05) is 48.2 Å². The van der Waals surface area contributed by atoms with Crippen molar-refractivity contribution in [3.05, 3.63) is 47.0 Å². The number of thiazole rings is 1. The number of nitrogens with zero attached hydrogens (tertiary/aromatic N) is 3. The van der Waals surface area contributed by atoms with Gasteiger partial charge in [0.15, 0.2) is 5.13 Å². The minimum absolute atomic E-state index is 0.0516. The molecule has 0 saturated heterocycles. The molecule has 8 heteroatoms. The Morgan fingerprint density at radius 1 is 1.16 bits per heavy atom. The van der Waals surface area contributed by atoms with Crippen LogP contribution in [0.1, 0.15) is 19.4 Å². The third-order valence-electron chi connectivity index (χ3n) is 5.13. The lowest BCUT2D eigenvalue weighted by Crippen LogP contribution is -2.39. The van der Waals surface area contributed by atoms with Gasteiger partial charge in [-0.3, -0.25) is 9.69 Å². The predicted molar refractivity (Wildman–Crippen MR) is 133 cm³/mol. The molecule has 0 bridgehead atoms.